The quantitative estimate of drug-likeness (QED) is 0.847. The number of aliphatic hydroxyl groups is 1. The second-order valence-electron chi connectivity index (χ2n) is 5.11. The molecule has 0 spiro atoms. The Hall–Kier alpha value is -0.930. The average molecular weight is 234 g/mol. The molecule has 1 saturated carbocycles. The van der Waals surface area contributed by atoms with Gasteiger partial charge in [-0.15, -0.1) is 0 Å². The molecule has 0 aromatic carbocycles. The zero-order valence-electron chi connectivity index (χ0n) is 10.5. The highest BCUT2D eigenvalue weighted by molar-refractivity contribution is 5.02. The molecule has 0 aliphatic heterocycles. The van der Waals surface area contributed by atoms with Crippen molar-refractivity contribution in [3.8, 4) is 0 Å². The van der Waals surface area contributed by atoms with E-state index in [9.17, 15) is 5.11 Å². The lowest BCUT2D eigenvalue weighted by atomic mass is 10.0. The van der Waals surface area contributed by atoms with Crippen molar-refractivity contribution < 1.29 is 5.11 Å². The van der Waals surface area contributed by atoms with Crippen molar-refractivity contribution in [2.75, 3.05) is 13.6 Å². The van der Waals surface area contributed by atoms with Gasteiger partial charge >= 0.3 is 0 Å². The van der Waals surface area contributed by atoms with Gasteiger partial charge in [0.1, 0.15) is 0 Å². The Labute approximate surface area is 103 Å². The van der Waals surface area contributed by atoms with E-state index in [-0.39, 0.29) is 6.10 Å². The molecule has 94 valence electrons. The molecule has 2 atom stereocenters. The molecule has 2 unspecified atom stereocenters. The Morgan fingerprint density at radius 3 is 2.94 bits per heavy atom. The molecule has 0 bridgehead atoms. The normalized spacial score (nSPS) is 24.4. The molecule has 1 aromatic heterocycles. The van der Waals surface area contributed by atoms with Gasteiger partial charge in [0.2, 0.25) is 0 Å². The van der Waals surface area contributed by atoms with Crippen LogP contribution in [0.4, 0.5) is 0 Å². The first-order valence-corrected chi connectivity index (χ1v) is 6.52. The number of rotatable bonds is 5. The van der Waals surface area contributed by atoms with Gasteiger partial charge in [-0.3, -0.25) is 4.98 Å². The fourth-order valence-electron chi connectivity index (χ4n) is 2.59. The van der Waals surface area contributed by atoms with Gasteiger partial charge < -0.3 is 10.0 Å². The number of aromatic nitrogens is 1. The van der Waals surface area contributed by atoms with Crippen LogP contribution < -0.4 is 0 Å². The predicted octanol–water partition coefficient (Wildman–Crippen LogP) is 2.06. The van der Waals surface area contributed by atoms with Gasteiger partial charge in [0.25, 0.3) is 0 Å². The average Bonchev–Trinajstić information content (AvgIpc) is 2.74. The summed E-state index contributed by atoms with van der Waals surface area (Å²) in [5, 5.41) is 9.76. The van der Waals surface area contributed by atoms with Gasteiger partial charge in [0, 0.05) is 12.7 Å². The topological polar surface area (TPSA) is 36.4 Å². The highest BCUT2D eigenvalue weighted by atomic mass is 16.3. The molecular weight excluding hydrogens is 212 g/mol. The predicted molar refractivity (Wildman–Crippen MR) is 68.5 cm³/mol. The van der Waals surface area contributed by atoms with E-state index in [1.165, 1.54) is 12.8 Å². The molecule has 0 amide bonds. The Morgan fingerprint density at radius 2 is 2.29 bits per heavy atom. The standard InChI is InChI=1S/C14H22N2O/c1-16(11-13-6-2-3-9-15-13)10-8-12-5-4-7-14(12)17/h2-3,6,9,12,14,17H,4-5,7-8,10-11H2,1H3. The van der Waals surface area contributed by atoms with Gasteiger partial charge in [0.15, 0.2) is 0 Å². The summed E-state index contributed by atoms with van der Waals surface area (Å²) >= 11 is 0. The monoisotopic (exact) mass is 234 g/mol. The third kappa shape index (κ3) is 3.79. The van der Waals surface area contributed by atoms with Gasteiger partial charge in [-0.1, -0.05) is 12.5 Å². The smallest absolute Gasteiger partial charge is 0.0568 e. The van der Waals surface area contributed by atoms with Crippen LogP contribution in [0, 0.1) is 5.92 Å². The van der Waals surface area contributed by atoms with Crippen LogP contribution >= 0.6 is 0 Å². The van der Waals surface area contributed by atoms with Crippen LogP contribution in [0.15, 0.2) is 24.4 Å². The van der Waals surface area contributed by atoms with Gasteiger partial charge in [-0.25, -0.2) is 0 Å². The van der Waals surface area contributed by atoms with E-state index in [0.29, 0.717) is 5.92 Å². The van der Waals surface area contributed by atoms with Crippen LogP contribution in [0.3, 0.4) is 0 Å². The Kier molecular flexibility index (Phi) is 4.51. The molecule has 0 radical (unpaired) electrons. The van der Waals surface area contributed by atoms with E-state index in [0.717, 1.165) is 31.6 Å². The second-order valence-corrected chi connectivity index (χ2v) is 5.11. The van der Waals surface area contributed by atoms with E-state index < -0.39 is 0 Å². The van der Waals surface area contributed by atoms with E-state index >= 15 is 0 Å². The van der Waals surface area contributed by atoms with E-state index in [4.69, 9.17) is 0 Å². The molecule has 3 heteroatoms. The summed E-state index contributed by atoms with van der Waals surface area (Å²) in [6, 6.07) is 6.02. The Balaban J connectivity index is 1.72. The molecule has 1 fully saturated rings. The first-order valence-electron chi connectivity index (χ1n) is 6.52. The number of nitrogens with zero attached hydrogens (tertiary/aromatic N) is 2. The van der Waals surface area contributed by atoms with E-state index in [2.05, 4.69) is 23.0 Å². The van der Waals surface area contributed by atoms with Crippen molar-refractivity contribution in [1.29, 1.82) is 0 Å². The summed E-state index contributed by atoms with van der Waals surface area (Å²) in [5.74, 6) is 0.515. The van der Waals surface area contributed by atoms with Crippen molar-refractivity contribution in [3.05, 3.63) is 30.1 Å². The van der Waals surface area contributed by atoms with Crippen LogP contribution in [-0.4, -0.2) is 34.7 Å². The van der Waals surface area contributed by atoms with Crippen LogP contribution in [0.2, 0.25) is 0 Å². The van der Waals surface area contributed by atoms with Crippen LogP contribution in [0.5, 0.6) is 0 Å². The van der Waals surface area contributed by atoms with Crippen molar-refractivity contribution in [3.63, 3.8) is 0 Å². The zero-order valence-corrected chi connectivity index (χ0v) is 10.5. The summed E-state index contributed by atoms with van der Waals surface area (Å²) in [5.41, 5.74) is 1.11. The Morgan fingerprint density at radius 1 is 1.41 bits per heavy atom. The molecule has 1 heterocycles. The summed E-state index contributed by atoms with van der Waals surface area (Å²) < 4.78 is 0. The summed E-state index contributed by atoms with van der Waals surface area (Å²) in [6.45, 7) is 1.93. The SMILES string of the molecule is CN(CCC1CCCC1O)Cc1ccccn1. The fraction of sp³-hybridized carbons (Fsp3) is 0.643. The van der Waals surface area contributed by atoms with Crippen molar-refractivity contribution >= 4 is 0 Å². The molecule has 2 rings (SSSR count). The maximum atomic E-state index is 9.76. The number of hydrogen-bond acceptors (Lipinski definition) is 3. The minimum Gasteiger partial charge on any atom is -0.393 e. The summed E-state index contributed by atoms with van der Waals surface area (Å²) in [4.78, 5) is 6.61. The molecule has 0 saturated heterocycles. The van der Waals surface area contributed by atoms with Gasteiger partial charge in [-0.05, 0) is 50.9 Å². The minimum atomic E-state index is -0.0572. The number of hydrogen-bond donors (Lipinski definition) is 1. The first kappa shape index (κ1) is 12.5. The highest BCUT2D eigenvalue weighted by Crippen LogP contribution is 2.28. The molecule has 17 heavy (non-hydrogen) atoms. The maximum absolute atomic E-state index is 9.76. The molecule has 1 aliphatic rings. The molecule has 1 aromatic rings. The largest absolute Gasteiger partial charge is 0.393 e. The summed E-state index contributed by atoms with van der Waals surface area (Å²) in [7, 11) is 2.12. The molecule has 1 N–H and O–H groups in total. The lowest BCUT2D eigenvalue weighted by Crippen LogP contribution is -2.24. The van der Waals surface area contributed by atoms with Crippen LogP contribution in [-0.2, 0) is 6.54 Å². The lowest BCUT2D eigenvalue weighted by molar-refractivity contribution is 0.120. The molecular formula is C14H22N2O. The second kappa shape index (κ2) is 6.12. The van der Waals surface area contributed by atoms with Gasteiger partial charge in [0.05, 0.1) is 11.8 Å². The van der Waals surface area contributed by atoms with Crippen molar-refractivity contribution in [2.24, 2.45) is 5.92 Å². The van der Waals surface area contributed by atoms with Crippen molar-refractivity contribution in [1.82, 2.24) is 9.88 Å². The Bertz CT molecular complexity index is 328. The highest BCUT2D eigenvalue weighted by Gasteiger charge is 2.24. The molecule has 1 aliphatic carbocycles. The van der Waals surface area contributed by atoms with E-state index in [1.54, 1.807) is 0 Å². The van der Waals surface area contributed by atoms with Crippen LogP contribution in [0.1, 0.15) is 31.4 Å². The molecule has 3 nitrogen and oxygen atoms in total. The maximum Gasteiger partial charge on any atom is 0.0568 e. The van der Waals surface area contributed by atoms with E-state index in [1.807, 2.05) is 18.3 Å². The third-order valence-corrected chi connectivity index (χ3v) is 3.66. The fourth-order valence-corrected chi connectivity index (χ4v) is 2.59. The lowest BCUT2D eigenvalue weighted by Gasteiger charge is -2.20. The van der Waals surface area contributed by atoms with Crippen LogP contribution in [0.25, 0.3) is 0 Å². The van der Waals surface area contributed by atoms with Gasteiger partial charge in [-0.2, -0.15) is 0 Å². The van der Waals surface area contributed by atoms with Crippen molar-refractivity contribution in [2.45, 2.75) is 38.3 Å². The summed E-state index contributed by atoms with van der Waals surface area (Å²) in [6.07, 6.45) is 6.26. The zero-order chi connectivity index (χ0) is 12.1. The number of aliphatic hydroxyl groups excluding tert-OH is 1. The first-order chi connectivity index (χ1) is 8.25. The minimum absolute atomic E-state index is 0.0572. The third-order valence-electron chi connectivity index (χ3n) is 3.66. The number of pyridine rings is 1.